The van der Waals surface area contributed by atoms with Crippen LogP contribution < -0.4 is 0 Å². The van der Waals surface area contributed by atoms with Gasteiger partial charge in [-0.05, 0) is 63.1 Å². The van der Waals surface area contributed by atoms with Crippen molar-refractivity contribution in [3.8, 4) is 0 Å². The minimum atomic E-state index is -0.585. The molecule has 33 heavy (non-hydrogen) atoms. The van der Waals surface area contributed by atoms with Crippen LogP contribution in [0.25, 0.3) is 0 Å². The van der Waals surface area contributed by atoms with Gasteiger partial charge in [0.25, 0.3) is 0 Å². The molecule has 1 spiro atoms. The second-order valence-electron chi connectivity index (χ2n) is 10.7. The van der Waals surface area contributed by atoms with Crippen LogP contribution in [-0.4, -0.2) is 56.0 Å². The van der Waals surface area contributed by atoms with Crippen molar-refractivity contribution in [1.82, 2.24) is 24.6 Å². The van der Waals surface area contributed by atoms with Crippen molar-refractivity contribution in [3.05, 3.63) is 48.0 Å². The highest BCUT2D eigenvalue weighted by atomic mass is 16.2. The third kappa shape index (κ3) is 3.85. The molecule has 4 heterocycles. The van der Waals surface area contributed by atoms with Gasteiger partial charge in [0.15, 0.2) is 0 Å². The highest BCUT2D eigenvalue weighted by Gasteiger charge is 2.57. The fourth-order valence-corrected chi connectivity index (χ4v) is 6.29. The van der Waals surface area contributed by atoms with Crippen LogP contribution in [0.2, 0.25) is 0 Å². The van der Waals surface area contributed by atoms with Crippen molar-refractivity contribution in [2.24, 2.45) is 17.3 Å². The van der Waals surface area contributed by atoms with Gasteiger partial charge in [0.2, 0.25) is 11.8 Å². The lowest BCUT2D eigenvalue weighted by molar-refractivity contribution is -0.148. The third-order valence-corrected chi connectivity index (χ3v) is 7.99. The van der Waals surface area contributed by atoms with Gasteiger partial charge in [-0.1, -0.05) is 13.0 Å². The van der Waals surface area contributed by atoms with Crippen molar-refractivity contribution in [2.45, 2.75) is 65.0 Å². The summed E-state index contributed by atoms with van der Waals surface area (Å²) >= 11 is 0. The Bertz CT molecular complexity index is 1010. The SMILES string of the molecule is CC1CC(C(=O)N2C[C@@H](c3ccnn3C(C)C)[C@@]3(CCCN(Cc4cccnc4)C3=O)C2)C1. The second-order valence-corrected chi connectivity index (χ2v) is 10.7. The monoisotopic (exact) mass is 449 g/mol. The minimum absolute atomic E-state index is 0.0342. The first-order chi connectivity index (χ1) is 15.9. The van der Waals surface area contributed by atoms with Crippen LogP contribution in [0, 0.1) is 17.3 Å². The molecule has 0 N–H and O–H groups in total. The first-order valence-electron chi connectivity index (χ1n) is 12.4. The summed E-state index contributed by atoms with van der Waals surface area (Å²) in [5.41, 5.74) is 1.54. The van der Waals surface area contributed by atoms with Gasteiger partial charge >= 0.3 is 0 Å². The summed E-state index contributed by atoms with van der Waals surface area (Å²) in [7, 11) is 0. The molecule has 5 rings (SSSR count). The van der Waals surface area contributed by atoms with Crippen molar-refractivity contribution in [3.63, 3.8) is 0 Å². The lowest BCUT2D eigenvalue weighted by atomic mass is 9.70. The van der Waals surface area contributed by atoms with Gasteiger partial charge in [0.1, 0.15) is 0 Å². The van der Waals surface area contributed by atoms with Crippen LogP contribution in [0.1, 0.15) is 69.7 Å². The largest absolute Gasteiger partial charge is 0.341 e. The highest BCUT2D eigenvalue weighted by molar-refractivity contribution is 5.88. The molecular formula is C26H35N5O2. The van der Waals surface area contributed by atoms with Crippen LogP contribution >= 0.6 is 0 Å². The molecule has 0 aromatic carbocycles. The number of amides is 2. The number of rotatable bonds is 5. The van der Waals surface area contributed by atoms with E-state index >= 15 is 0 Å². The topological polar surface area (TPSA) is 71.3 Å². The Morgan fingerprint density at radius 2 is 2.06 bits per heavy atom. The zero-order valence-electron chi connectivity index (χ0n) is 20.0. The molecule has 176 valence electrons. The zero-order chi connectivity index (χ0) is 23.2. The molecular weight excluding hydrogens is 414 g/mol. The van der Waals surface area contributed by atoms with Crippen LogP contribution in [-0.2, 0) is 16.1 Å². The zero-order valence-corrected chi connectivity index (χ0v) is 20.0. The highest BCUT2D eigenvalue weighted by Crippen LogP contribution is 2.51. The number of hydrogen-bond donors (Lipinski definition) is 0. The van der Waals surface area contributed by atoms with Crippen molar-refractivity contribution in [2.75, 3.05) is 19.6 Å². The van der Waals surface area contributed by atoms with E-state index in [1.807, 2.05) is 39.0 Å². The predicted octanol–water partition coefficient (Wildman–Crippen LogP) is 3.64. The molecule has 2 saturated heterocycles. The summed E-state index contributed by atoms with van der Waals surface area (Å²) in [6.45, 7) is 8.89. The number of aromatic nitrogens is 3. The van der Waals surface area contributed by atoms with Gasteiger partial charge in [-0.25, -0.2) is 0 Å². The average Bonchev–Trinajstić information content (AvgIpc) is 3.41. The van der Waals surface area contributed by atoms with Gasteiger partial charge in [0.05, 0.1) is 5.41 Å². The quantitative estimate of drug-likeness (QED) is 0.699. The first kappa shape index (κ1) is 22.1. The Morgan fingerprint density at radius 1 is 1.24 bits per heavy atom. The molecule has 0 bridgehead atoms. The Labute approximate surface area is 196 Å². The molecule has 3 aliphatic rings. The third-order valence-electron chi connectivity index (χ3n) is 7.99. The van der Waals surface area contributed by atoms with E-state index in [-0.39, 0.29) is 29.7 Å². The maximum absolute atomic E-state index is 14.2. The maximum Gasteiger partial charge on any atom is 0.231 e. The van der Waals surface area contributed by atoms with Gasteiger partial charge in [0, 0.05) is 68.3 Å². The average molecular weight is 450 g/mol. The second kappa shape index (κ2) is 8.58. The van der Waals surface area contributed by atoms with Crippen molar-refractivity contribution < 1.29 is 9.59 Å². The summed E-state index contributed by atoms with van der Waals surface area (Å²) in [6, 6.07) is 6.20. The molecule has 2 atom stereocenters. The van der Waals surface area contributed by atoms with Crippen LogP contribution in [0.3, 0.4) is 0 Å². The molecule has 7 nitrogen and oxygen atoms in total. The van der Waals surface area contributed by atoms with E-state index in [4.69, 9.17) is 0 Å². The van der Waals surface area contributed by atoms with E-state index in [2.05, 4.69) is 36.9 Å². The van der Waals surface area contributed by atoms with Gasteiger partial charge in [-0.3, -0.25) is 19.3 Å². The summed E-state index contributed by atoms with van der Waals surface area (Å²) in [5.74, 6) is 1.13. The molecule has 1 aliphatic carbocycles. The van der Waals surface area contributed by atoms with Gasteiger partial charge in [-0.2, -0.15) is 5.10 Å². The fourth-order valence-electron chi connectivity index (χ4n) is 6.29. The molecule has 0 radical (unpaired) electrons. The molecule has 1 saturated carbocycles. The normalized spacial score (nSPS) is 29.7. The lowest BCUT2D eigenvalue weighted by Crippen LogP contribution is -2.52. The van der Waals surface area contributed by atoms with Crippen molar-refractivity contribution in [1.29, 1.82) is 0 Å². The van der Waals surface area contributed by atoms with E-state index in [1.165, 1.54) is 0 Å². The van der Waals surface area contributed by atoms with Crippen LogP contribution in [0.15, 0.2) is 36.8 Å². The number of piperidine rings is 1. The van der Waals surface area contributed by atoms with Crippen LogP contribution in [0.5, 0.6) is 0 Å². The Hall–Kier alpha value is -2.70. The molecule has 7 heteroatoms. The van der Waals surface area contributed by atoms with Crippen molar-refractivity contribution >= 4 is 11.8 Å². The number of carbonyl (C=O) groups excluding carboxylic acids is 2. The summed E-state index contributed by atoms with van der Waals surface area (Å²) < 4.78 is 2.04. The fraction of sp³-hybridized carbons (Fsp3) is 0.615. The Balaban J connectivity index is 1.48. The van der Waals surface area contributed by atoms with E-state index in [1.54, 1.807) is 6.20 Å². The number of likely N-dealkylation sites (tertiary alicyclic amines) is 2. The van der Waals surface area contributed by atoms with E-state index < -0.39 is 5.41 Å². The number of nitrogens with zero attached hydrogens (tertiary/aromatic N) is 5. The summed E-state index contributed by atoms with van der Waals surface area (Å²) in [4.78, 5) is 35.8. The number of carbonyl (C=O) groups is 2. The molecule has 2 aliphatic heterocycles. The van der Waals surface area contributed by atoms with Gasteiger partial charge < -0.3 is 9.80 Å². The van der Waals surface area contributed by atoms with Gasteiger partial charge in [-0.15, -0.1) is 0 Å². The number of pyridine rings is 1. The van der Waals surface area contributed by atoms with Crippen LogP contribution in [0.4, 0.5) is 0 Å². The molecule has 3 fully saturated rings. The molecule has 2 aromatic heterocycles. The first-order valence-corrected chi connectivity index (χ1v) is 12.4. The lowest BCUT2D eigenvalue weighted by Gasteiger charge is -2.42. The van der Waals surface area contributed by atoms with E-state index in [0.29, 0.717) is 25.6 Å². The molecule has 2 aromatic rings. The maximum atomic E-state index is 14.2. The molecule has 2 amide bonds. The summed E-state index contributed by atoms with van der Waals surface area (Å²) in [6.07, 6.45) is 9.13. The Morgan fingerprint density at radius 3 is 2.76 bits per heavy atom. The minimum Gasteiger partial charge on any atom is -0.341 e. The van der Waals surface area contributed by atoms with E-state index in [0.717, 1.165) is 43.5 Å². The number of hydrogen-bond acceptors (Lipinski definition) is 4. The molecule has 0 unspecified atom stereocenters. The van der Waals surface area contributed by atoms with E-state index in [9.17, 15) is 9.59 Å². The smallest absolute Gasteiger partial charge is 0.231 e. The predicted molar refractivity (Wildman–Crippen MR) is 125 cm³/mol. The summed E-state index contributed by atoms with van der Waals surface area (Å²) in [5, 5.41) is 4.57. The Kier molecular flexibility index (Phi) is 5.75. The standard InChI is InChI=1S/C26H35N5O2/c1-18(2)31-23(7-10-28-31)22-16-30(24(32)21-12-19(3)13-21)17-26(22)8-5-11-29(25(26)33)15-20-6-4-9-27-14-20/h4,6-7,9-10,14,18-19,21-22H,5,8,11-13,15-17H2,1-3H3/t19?,21?,22-,26+/m0/s1.